The molecule has 0 spiro atoms. The summed E-state index contributed by atoms with van der Waals surface area (Å²) in [4.78, 5) is 25.5. The molecule has 2 aromatic rings. The van der Waals surface area contributed by atoms with Crippen LogP contribution in [0.25, 0.3) is 0 Å². The Morgan fingerprint density at radius 2 is 1.46 bits per heavy atom. The van der Waals surface area contributed by atoms with Crippen LogP contribution in [0.5, 0.6) is 23.0 Å². The summed E-state index contributed by atoms with van der Waals surface area (Å²) in [6, 6.07) is 6.55. The number of halogens is 2. The Balaban J connectivity index is 2.43. The fourth-order valence-corrected chi connectivity index (χ4v) is 3.47. The zero-order valence-electron chi connectivity index (χ0n) is 20.3. The normalized spacial score (nSPS) is 11.7. The van der Waals surface area contributed by atoms with E-state index in [1.54, 1.807) is 44.2 Å². The summed E-state index contributed by atoms with van der Waals surface area (Å²) >= 11 is 12.8. The molecule has 2 aromatic carbocycles. The molecule has 11 heteroatoms. The summed E-state index contributed by atoms with van der Waals surface area (Å²) in [5.41, 5.74) is 0.366. The molecule has 9 nitrogen and oxygen atoms in total. The lowest BCUT2D eigenvalue weighted by Gasteiger charge is -2.20. The van der Waals surface area contributed by atoms with Crippen molar-refractivity contribution in [3.63, 3.8) is 0 Å². The molecule has 0 bridgehead atoms. The number of ketones is 1. The molecule has 0 saturated heterocycles. The van der Waals surface area contributed by atoms with E-state index in [0.717, 1.165) is 4.42 Å². The third-order valence-electron chi connectivity index (χ3n) is 4.48. The predicted molar refractivity (Wildman–Crippen MR) is 135 cm³/mol. The molecule has 0 aliphatic rings. The Labute approximate surface area is 215 Å². The van der Waals surface area contributed by atoms with Crippen LogP contribution in [0.1, 0.15) is 34.6 Å². The number of nitrogens with zero attached hydrogens (tertiary/aromatic N) is 3. The van der Waals surface area contributed by atoms with E-state index in [4.69, 9.17) is 42.3 Å². The average molecular weight is 526 g/mol. The molecule has 0 aliphatic carbocycles. The van der Waals surface area contributed by atoms with E-state index in [0.29, 0.717) is 49.4 Å². The van der Waals surface area contributed by atoms with Crippen LogP contribution in [-0.2, 0) is 9.59 Å². The van der Waals surface area contributed by atoms with E-state index in [1.165, 1.54) is 6.92 Å². The Morgan fingerprint density at radius 1 is 0.886 bits per heavy atom. The maximum absolute atomic E-state index is 13.2. The number of azo groups is 1. The Kier molecular flexibility index (Phi) is 11.1. The first-order valence-corrected chi connectivity index (χ1v) is 11.9. The minimum Gasteiger partial charge on any atom is -0.494 e. The third-order valence-corrected chi connectivity index (χ3v) is 5.20. The van der Waals surface area contributed by atoms with Crippen molar-refractivity contribution < 1.29 is 28.5 Å². The lowest BCUT2D eigenvalue weighted by Crippen LogP contribution is -2.36. The highest BCUT2D eigenvalue weighted by atomic mass is 35.5. The molecule has 0 aliphatic heterocycles. The molecule has 35 heavy (non-hydrogen) atoms. The number of ether oxygens (including phenoxy) is 4. The number of hydrogen-bond donors (Lipinski definition) is 0. The second-order valence-corrected chi connectivity index (χ2v) is 7.65. The first kappa shape index (κ1) is 28.2. The summed E-state index contributed by atoms with van der Waals surface area (Å²) in [5.74, 6) is 0.171. The molecule has 0 aromatic heterocycles. The quantitative estimate of drug-likeness (QED) is 0.176. The lowest BCUT2D eigenvalue weighted by atomic mass is 10.2. The number of hydrogen-bond acceptors (Lipinski definition) is 8. The number of Topliss-reactive ketones (excluding diaryl/α,β-unsaturated/α-hetero) is 1. The van der Waals surface area contributed by atoms with Crippen molar-refractivity contribution in [2.45, 2.75) is 40.7 Å². The Hall–Kier alpha value is -3.04. The lowest BCUT2D eigenvalue weighted by molar-refractivity contribution is -0.126. The van der Waals surface area contributed by atoms with Gasteiger partial charge in [-0.15, -0.1) is 5.11 Å². The molecule has 0 fully saturated rings. The second kappa shape index (κ2) is 13.7. The molecule has 0 saturated carbocycles. The molecule has 190 valence electrons. The first-order chi connectivity index (χ1) is 16.8. The molecule has 1 unspecified atom stereocenters. The van der Waals surface area contributed by atoms with Crippen molar-refractivity contribution in [2.75, 3.05) is 30.8 Å². The van der Waals surface area contributed by atoms with Gasteiger partial charge < -0.3 is 18.9 Å². The minimum atomic E-state index is -1.53. The first-order valence-electron chi connectivity index (χ1n) is 11.2. The minimum absolute atomic E-state index is 0.135. The van der Waals surface area contributed by atoms with Gasteiger partial charge in [-0.3, -0.25) is 9.59 Å². The molecule has 0 radical (unpaired) electrons. The van der Waals surface area contributed by atoms with Gasteiger partial charge in [0.15, 0.2) is 5.78 Å². The van der Waals surface area contributed by atoms with Gasteiger partial charge in [0.1, 0.15) is 39.4 Å². The highest BCUT2D eigenvalue weighted by molar-refractivity contribution is 6.39. The predicted octanol–water partition coefficient (Wildman–Crippen LogP) is 6.16. The number of rotatable bonds is 13. The van der Waals surface area contributed by atoms with Crippen molar-refractivity contribution in [2.24, 2.45) is 10.2 Å². The summed E-state index contributed by atoms with van der Waals surface area (Å²) < 4.78 is 22.9. The van der Waals surface area contributed by atoms with Crippen molar-refractivity contribution in [3.8, 4) is 23.0 Å². The topological polar surface area (TPSA) is 99.0 Å². The highest BCUT2D eigenvalue weighted by Gasteiger charge is 2.31. The van der Waals surface area contributed by atoms with E-state index >= 15 is 0 Å². The highest BCUT2D eigenvalue weighted by Crippen LogP contribution is 2.42. The number of amides is 1. The van der Waals surface area contributed by atoms with E-state index in [2.05, 4.69) is 10.2 Å². The molecular weight excluding hydrogens is 497 g/mol. The molecule has 2 rings (SSSR count). The average Bonchev–Trinajstić information content (AvgIpc) is 2.82. The summed E-state index contributed by atoms with van der Waals surface area (Å²) in [7, 11) is 0. The van der Waals surface area contributed by atoms with Crippen LogP contribution in [-0.4, -0.2) is 44.2 Å². The molecule has 1 atom stereocenters. The van der Waals surface area contributed by atoms with Crippen molar-refractivity contribution >= 4 is 46.4 Å². The van der Waals surface area contributed by atoms with Crippen molar-refractivity contribution in [1.82, 2.24) is 0 Å². The fourth-order valence-electron chi connectivity index (χ4n) is 2.99. The van der Waals surface area contributed by atoms with E-state index in [-0.39, 0.29) is 16.4 Å². The SMILES string of the molecule is CCOc1ccc(N(Cl)C(=O)C(N=Nc2c(OCC)ccc(OCC)c2Cl)C(C)=O)c(OCC)c1. The van der Waals surface area contributed by atoms with Crippen LogP contribution >= 0.6 is 23.4 Å². The third kappa shape index (κ3) is 7.22. The summed E-state index contributed by atoms with van der Waals surface area (Å²) in [6.07, 6.45) is 0. The zero-order chi connectivity index (χ0) is 26.0. The van der Waals surface area contributed by atoms with Crippen LogP contribution in [0.4, 0.5) is 11.4 Å². The zero-order valence-corrected chi connectivity index (χ0v) is 21.9. The number of carbonyl (C=O) groups excluding carboxylic acids is 2. The van der Waals surface area contributed by atoms with E-state index < -0.39 is 17.7 Å². The molecule has 0 heterocycles. The van der Waals surface area contributed by atoms with Crippen LogP contribution in [0.3, 0.4) is 0 Å². The molecule has 1 amide bonds. The number of anilines is 1. The maximum Gasteiger partial charge on any atom is 0.276 e. The molecular formula is C24H29Cl2N3O6. The fraction of sp³-hybridized carbons (Fsp3) is 0.417. The van der Waals surface area contributed by atoms with Gasteiger partial charge >= 0.3 is 0 Å². The smallest absolute Gasteiger partial charge is 0.276 e. The van der Waals surface area contributed by atoms with Crippen LogP contribution in [0, 0.1) is 0 Å². The second-order valence-electron chi connectivity index (χ2n) is 6.93. The summed E-state index contributed by atoms with van der Waals surface area (Å²) in [6.45, 7) is 9.97. The van der Waals surface area contributed by atoms with Gasteiger partial charge in [0.05, 0.1) is 26.4 Å². The largest absolute Gasteiger partial charge is 0.494 e. The van der Waals surface area contributed by atoms with Gasteiger partial charge in [0, 0.05) is 17.8 Å². The monoisotopic (exact) mass is 525 g/mol. The van der Waals surface area contributed by atoms with Crippen LogP contribution < -0.4 is 23.4 Å². The van der Waals surface area contributed by atoms with Gasteiger partial charge in [-0.25, -0.2) is 4.42 Å². The number of carbonyl (C=O) groups is 2. The van der Waals surface area contributed by atoms with E-state index in [9.17, 15) is 9.59 Å². The molecule has 0 N–H and O–H groups in total. The van der Waals surface area contributed by atoms with Crippen molar-refractivity contribution in [3.05, 3.63) is 35.4 Å². The van der Waals surface area contributed by atoms with Crippen LogP contribution in [0.15, 0.2) is 40.6 Å². The van der Waals surface area contributed by atoms with Gasteiger partial charge in [-0.2, -0.15) is 5.11 Å². The van der Waals surface area contributed by atoms with Crippen molar-refractivity contribution in [1.29, 1.82) is 0 Å². The van der Waals surface area contributed by atoms with Gasteiger partial charge in [0.25, 0.3) is 5.91 Å². The Morgan fingerprint density at radius 3 is 2.06 bits per heavy atom. The number of benzene rings is 2. The van der Waals surface area contributed by atoms with Gasteiger partial charge in [-0.05, 0) is 58.9 Å². The standard InChI is InChI=1S/C24H29Cl2N3O6/c1-6-32-16-10-11-17(20(14-16)35-9-4)29(26)24(31)22(15(5)30)27-28-23-19(34-8-3)13-12-18(21(23)25)33-7-2/h10-14,22H,6-9H2,1-5H3. The van der Waals surface area contributed by atoms with Crippen LogP contribution in [0.2, 0.25) is 5.02 Å². The van der Waals surface area contributed by atoms with Gasteiger partial charge in [-0.1, -0.05) is 11.6 Å². The summed E-state index contributed by atoms with van der Waals surface area (Å²) in [5, 5.41) is 8.22. The Bertz CT molecular complexity index is 1060. The van der Waals surface area contributed by atoms with Gasteiger partial charge in [0.2, 0.25) is 6.04 Å². The maximum atomic E-state index is 13.2. The van der Waals surface area contributed by atoms with E-state index in [1.807, 2.05) is 13.8 Å².